The smallest absolute Gasteiger partial charge is 0.310 e. The van der Waals surface area contributed by atoms with E-state index in [1.54, 1.807) is 23.5 Å². The molecule has 0 fully saturated rings. The molecule has 2 rings (SSSR count). The van der Waals surface area contributed by atoms with E-state index in [4.69, 9.17) is 0 Å². The highest BCUT2D eigenvalue weighted by Gasteiger charge is 2.30. The van der Waals surface area contributed by atoms with E-state index in [9.17, 15) is 13.2 Å². The first-order chi connectivity index (χ1) is 10.0. The first kappa shape index (κ1) is 16.0. The lowest BCUT2D eigenvalue weighted by atomic mass is 10.00. The zero-order chi connectivity index (χ0) is 15.3. The van der Waals surface area contributed by atoms with Gasteiger partial charge in [-0.05, 0) is 59.5 Å². The largest absolute Gasteiger partial charge is 0.416 e. The zero-order valence-electron chi connectivity index (χ0n) is 11.8. The Hall–Kier alpha value is -1.33. The summed E-state index contributed by atoms with van der Waals surface area (Å²) in [6, 6.07) is 7.64. The van der Waals surface area contributed by atoms with Crippen molar-refractivity contribution in [2.75, 3.05) is 6.54 Å². The average Bonchev–Trinajstić information content (AvgIpc) is 2.97. The van der Waals surface area contributed by atoms with Gasteiger partial charge in [0.25, 0.3) is 0 Å². The Morgan fingerprint density at radius 2 is 1.86 bits per heavy atom. The van der Waals surface area contributed by atoms with Crippen molar-refractivity contribution in [3.63, 3.8) is 0 Å². The highest BCUT2D eigenvalue weighted by Crippen LogP contribution is 2.30. The van der Waals surface area contributed by atoms with Gasteiger partial charge in [0.05, 0.1) is 5.56 Å². The molecule has 1 nitrogen and oxygen atoms in total. The Kier molecular flexibility index (Phi) is 5.42. The van der Waals surface area contributed by atoms with E-state index in [2.05, 4.69) is 23.7 Å². The highest BCUT2D eigenvalue weighted by atomic mass is 32.1. The third kappa shape index (κ3) is 4.58. The van der Waals surface area contributed by atoms with Crippen molar-refractivity contribution < 1.29 is 13.2 Å². The van der Waals surface area contributed by atoms with Crippen molar-refractivity contribution in [1.82, 2.24) is 5.32 Å². The molecule has 1 aromatic heterocycles. The highest BCUT2D eigenvalue weighted by molar-refractivity contribution is 7.07. The summed E-state index contributed by atoms with van der Waals surface area (Å²) >= 11 is 1.63. The number of thiophene rings is 1. The van der Waals surface area contributed by atoms with Crippen molar-refractivity contribution >= 4 is 11.3 Å². The van der Waals surface area contributed by atoms with Crippen molar-refractivity contribution in [1.29, 1.82) is 0 Å². The summed E-state index contributed by atoms with van der Waals surface area (Å²) in [7, 11) is 0. The molecule has 2 aromatic rings. The van der Waals surface area contributed by atoms with Gasteiger partial charge in [-0.1, -0.05) is 19.1 Å². The quantitative estimate of drug-likeness (QED) is 0.787. The normalized spacial score (nSPS) is 13.3. The lowest BCUT2D eigenvalue weighted by Crippen LogP contribution is -2.23. The molecule has 0 radical (unpaired) electrons. The Morgan fingerprint density at radius 1 is 1.14 bits per heavy atom. The van der Waals surface area contributed by atoms with Crippen LogP contribution in [0.4, 0.5) is 13.2 Å². The number of hydrogen-bond acceptors (Lipinski definition) is 2. The van der Waals surface area contributed by atoms with Crippen LogP contribution in [0.2, 0.25) is 0 Å². The molecule has 1 heterocycles. The molecule has 0 spiro atoms. The topological polar surface area (TPSA) is 12.0 Å². The Balaban J connectivity index is 2.09. The number of rotatable bonds is 6. The first-order valence-corrected chi connectivity index (χ1v) is 7.86. The summed E-state index contributed by atoms with van der Waals surface area (Å²) in [6.07, 6.45) is -2.56. The SMILES string of the molecule is CCCNC(Cc1ccc(C(F)(F)F)cc1)c1ccsc1. The molecule has 21 heavy (non-hydrogen) atoms. The van der Waals surface area contributed by atoms with E-state index in [-0.39, 0.29) is 6.04 Å². The van der Waals surface area contributed by atoms with Gasteiger partial charge in [0.1, 0.15) is 0 Å². The van der Waals surface area contributed by atoms with E-state index in [0.717, 1.165) is 30.7 Å². The molecule has 0 aliphatic rings. The van der Waals surface area contributed by atoms with Crippen LogP contribution in [0.15, 0.2) is 41.1 Å². The Morgan fingerprint density at radius 3 is 2.38 bits per heavy atom. The van der Waals surface area contributed by atoms with Gasteiger partial charge in [0.15, 0.2) is 0 Å². The fourth-order valence-corrected chi connectivity index (χ4v) is 2.88. The van der Waals surface area contributed by atoms with Gasteiger partial charge < -0.3 is 5.32 Å². The first-order valence-electron chi connectivity index (χ1n) is 6.92. The minimum atomic E-state index is -4.27. The number of benzene rings is 1. The fraction of sp³-hybridized carbons (Fsp3) is 0.375. The van der Waals surface area contributed by atoms with Crippen LogP contribution < -0.4 is 5.32 Å². The van der Waals surface area contributed by atoms with Crippen molar-refractivity contribution in [2.24, 2.45) is 0 Å². The molecule has 1 N–H and O–H groups in total. The van der Waals surface area contributed by atoms with Crippen LogP contribution in [-0.2, 0) is 12.6 Å². The van der Waals surface area contributed by atoms with Crippen LogP contribution in [0.1, 0.15) is 36.1 Å². The molecule has 0 aliphatic heterocycles. The molecule has 0 aliphatic carbocycles. The van der Waals surface area contributed by atoms with Gasteiger partial charge in [0, 0.05) is 6.04 Å². The predicted molar refractivity (Wildman–Crippen MR) is 80.5 cm³/mol. The van der Waals surface area contributed by atoms with E-state index < -0.39 is 11.7 Å². The second-order valence-electron chi connectivity index (χ2n) is 4.96. The van der Waals surface area contributed by atoms with E-state index >= 15 is 0 Å². The third-order valence-electron chi connectivity index (χ3n) is 3.31. The van der Waals surface area contributed by atoms with Crippen LogP contribution >= 0.6 is 11.3 Å². The molecule has 1 aromatic carbocycles. The van der Waals surface area contributed by atoms with E-state index in [1.807, 2.05) is 5.38 Å². The minimum absolute atomic E-state index is 0.146. The van der Waals surface area contributed by atoms with E-state index in [1.165, 1.54) is 5.56 Å². The van der Waals surface area contributed by atoms with Crippen molar-refractivity contribution in [2.45, 2.75) is 32.0 Å². The molecule has 114 valence electrons. The standard InChI is InChI=1S/C16H18F3NS/c1-2-8-20-15(13-7-9-21-11-13)10-12-3-5-14(6-4-12)16(17,18)19/h3-7,9,11,15,20H,2,8,10H2,1H3. The van der Waals surface area contributed by atoms with Gasteiger partial charge >= 0.3 is 6.18 Å². The molecule has 0 amide bonds. The van der Waals surface area contributed by atoms with Gasteiger partial charge in [-0.3, -0.25) is 0 Å². The summed E-state index contributed by atoms with van der Waals surface area (Å²) in [5, 5.41) is 7.55. The Labute approximate surface area is 126 Å². The maximum Gasteiger partial charge on any atom is 0.416 e. The molecule has 5 heteroatoms. The predicted octanol–water partition coefficient (Wildman–Crippen LogP) is 5.05. The summed E-state index contributed by atoms with van der Waals surface area (Å²) < 4.78 is 37.7. The van der Waals surface area contributed by atoms with Crippen LogP contribution in [-0.4, -0.2) is 6.54 Å². The molecule has 1 atom stereocenters. The molecular formula is C16H18F3NS. The second kappa shape index (κ2) is 7.09. The maximum atomic E-state index is 12.6. The van der Waals surface area contributed by atoms with Crippen LogP contribution in [0.25, 0.3) is 0 Å². The molecule has 0 bridgehead atoms. The maximum absolute atomic E-state index is 12.6. The van der Waals surface area contributed by atoms with Gasteiger partial charge in [-0.2, -0.15) is 24.5 Å². The van der Waals surface area contributed by atoms with Crippen LogP contribution in [0.5, 0.6) is 0 Å². The lowest BCUT2D eigenvalue weighted by molar-refractivity contribution is -0.137. The number of halogens is 3. The summed E-state index contributed by atoms with van der Waals surface area (Å²) in [5.41, 5.74) is 1.50. The summed E-state index contributed by atoms with van der Waals surface area (Å²) in [6.45, 7) is 2.98. The van der Waals surface area contributed by atoms with Crippen LogP contribution in [0, 0.1) is 0 Å². The van der Waals surface area contributed by atoms with Crippen molar-refractivity contribution in [3.8, 4) is 0 Å². The number of nitrogens with one attached hydrogen (secondary N) is 1. The average molecular weight is 313 g/mol. The lowest BCUT2D eigenvalue weighted by Gasteiger charge is -2.18. The van der Waals surface area contributed by atoms with Gasteiger partial charge in [-0.25, -0.2) is 0 Å². The molecule has 0 saturated carbocycles. The summed E-state index contributed by atoms with van der Waals surface area (Å²) in [4.78, 5) is 0. The van der Waals surface area contributed by atoms with Gasteiger partial charge in [0.2, 0.25) is 0 Å². The minimum Gasteiger partial charge on any atom is -0.310 e. The number of hydrogen-bond donors (Lipinski definition) is 1. The van der Waals surface area contributed by atoms with Crippen LogP contribution in [0.3, 0.4) is 0 Å². The number of alkyl halides is 3. The van der Waals surface area contributed by atoms with Crippen molar-refractivity contribution in [3.05, 3.63) is 57.8 Å². The molecule has 0 saturated heterocycles. The summed E-state index contributed by atoms with van der Waals surface area (Å²) in [5.74, 6) is 0. The third-order valence-corrected chi connectivity index (χ3v) is 4.01. The second-order valence-corrected chi connectivity index (χ2v) is 5.74. The Bertz CT molecular complexity index is 532. The zero-order valence-corrected chi connectivity index (χ0v) is 12.6. The molecule has 1 unspecified atom stereocenters. The van der Waals surface area contributed by atoms with Gasteiger partial charge in [-0.15, -0.1) is 0 Å². The monoisotopic (exact) mass is 313 g/mol. The van der Waals surface area contributed by atoms with E-state index in [0.29, 0.717) is 6.42 Å². The fourth-order valence-electron chi connectivity index (χ4n) is 2.17. The molecular weight excluding hydrogens is 295 g/mol.